The lowest BCUT2D eigenvalue weighted by Crippen LogP contribution is -2.27. The van der Waals surface area contributed by atoms with Crippen molar-refractivity contribution in [2.24, 2.45) is 0 Å². The zero-order valence-electron chi connectivity index (χ0n) is 17.3. The van der Waals surface area contributed by atoms with Crippen molar-refractivity contribution in [1.29, 1.82) is 0 Å². The number of fused-ring (bicyclic) bond motifs is 1. The number of nitrogens with zero attached hydrogens (tertiary/aromatic N) is 4. The number of hydrogen-bond donors (Lipinski definition) is 3. The van der Waals surface area contributed by atoms with Gasteiger partial charge in [-0.3, -0.25) is 14.2 Å². The number of carbonyl (C=O) groups excluding carboxylic acids is 1. The van der Waals surface area contributed by atoms with Crippen LogP contribution in [0, 0.1) is 11.6 Å². The summed E-state index contributed by atoms with van der Waals surface area (Å²) in [6.45, 7) is 0. The fourth-order valence-electron chi connectivity index (χ4n) is 3.35. The number of aromatic nitrogens is 5. The monoisotopic (exact) mass is 459 g/mol. The quantitative estimate of drug-likeness (QED) is 0.368. The maximum Gasteiger partial charge on any atom is 0.267 e. The van der Waals surface area contributed by atoms with Gasteiger partial charge in [0.15, 0.2) is 11.5 Å². The van der Waals surface area contributed by atoms with Crippen LogP contribution in [0.3, 0.4) is 0 Å². The molecule has 5 aromatic rings. The van der Waals surface area contributed by atoms with Crippen molar-refractivity contribution in [2.75, 3.05) is 10.6 Å². The van der Waals surface area contributed by atoms with Gasteiger partial charge in [-0.15, -0.1) is 0 Å². The normalized spacial score (nSPS) is 10.9. The van der Waals surface area contributed by atoms with Gasteiger partial charge >= 0.3 is 0 Å². The Bertz CT molecular complexity index is 1580. The third kappa shape index (κ3) is 3.97. The zero-order chi connectivity index (χ0) is 23.7. The van der Waals surface area contributed by atoms with Gasteiger partial charge in [0.25, 0.3) is 11.5 Å². The molecule has 9 nitrogen and oxygen atoms in total. The van der Waals surface area contributed by atoms with E-state index in [1.54, 1.807) is 0 Å². The summed E-state index contributed by atoms with van der Waals surface area (Å²) >= 11 is 0. The summed E-state index contributed by atoms with van der Waals surface area (Å²) in [5.41, 5.74) is 0.857. The Hall–Kier alpha value is -4.93. The van der Waals surface area contributed by atoms with Gasteiger partial charge in [-0.2, -0.15) is 0 Å². The van der Waals surface area contributed by atoms with Crippen molar-refractivity contribution < 1.29 is 13.6 Å². The van der Waals surface area contributed by atoms with Gasteiger partial charge in [0, 0.05) is 17.6 Å². The molecule has 3 aromatic heterocycles. The van der Waals surface area contributed by atoms with Crippen LogP contribution >= 0.6 is 0 Å². The van der Waals surface area contributed by atoms with E-state index in [1.807, 2.05) is 0 Å². The molecule has 0 saturated carbocycles. The topological polar surface area (TPSA) is 118 Å². The molecule has 0 saturated heterocycles. The molecule has 0 aliphatic carbocycles. The second-order valence-electron chi connectivity index (χ2n) is 7.17. The van der Waals surface area contributed by atoms with Crippen LogP contribution < -0.4 is 16.2 Å². The molecule has 3 N–H and O–H groups in total. The highest BCUT2D eigenvalue weighted by Crippen LogP contribution is 2.25. The summed E-state index contributed by atoms with van der Waals surface area (Å²) in [6, 6.07) is 12.2. The Morgan fingerprint density at radius 3 is 2.62 bits per heavy atom. The lowest BCUT2D eigenvalue weighted by atomic mass is 10.2. The molecule has 0 aliphatic heterocycles. The van der Waals surface area contributed by atoms with Crippen molar-refractivity contribution in [1.82, 2.24) is 24.5 Å². The molecular formula is C23H15F2N7O2. The second kappa shape index (κ2) is 8.54. The van der Waals surface area contributed by atoms with E-state index in [0.29, 0.717) is 22.7 Å². The fourth-order valence-corrected chi connectivity index (χ4v) is 3.35. The first kappa shape index (κ1) is 20.9. The molecule has 11 heteroatoms. The Kier molecular flexibility index (Phi) is 5.26. The van der Waals surface area contributed by atoms with Gasteiger partial charge in [-0.25, -0.2) is 23.7 Å². The summed E-state index contributed by atoms with van der Waals surface area (Å²) in [5, 5.41) is 5.38. The summed E-state index contributed by atoms with van der Waals surface area (Å²) in [7, 11) is 0. The van der Waals surface area contributed by atoms with Crippen molar-refractivity contribution in [3.63, 3.8) is 0 Å². The summed E-state index contributed by atoms with van der Waals surface area (Å²) in [6.07, 6.45) is 4.22. The Morgan fingerprint density at radius 2 is 1.82 bits per heavy atom. The van der Waals surface area contributed by atoms with E-state index in [0.717, 1.165) is 6.07 Å². The minimum absolute atomic E-state index is 0.117. The minimum Gasteiger partial charge on any atom is -0.340 e. The third-order valence-electron chi connectivity index (χ3n) is 5.00. The average molecular weight is 459 g/mol. The smallest absolute Gasteiger partial charge is 0.267 e. The number of imidazole rings is 1. The number of pyridine rings is 1. The van der Waals surface area contributed by atoms with Crippen LogP contribution in [0.4, 0.5) is 26.0 Å². The highest BCUT2D eigenvalue weighted by molar-refractivity contribution is 6.04. The van der Waals surface area contributed by atoms with Gasteiger partial charge in [0.2, 0.25) is 0 Å². The molecule has 0 bridgehead atoms. The van der Waals surface area contributed by atoms with Gasteiger partial charge in [-0.05, 0) is 54.6 Å². The number of anilines is 3. The lowest BCUT2D eigenvalue weighted by molar-refractivity contribution is 0.102. The van der Waals surface area contributed by atoms with E-state index in [-0.39, 0.29) is 16.9 Å². The predicted molar refractivity (Wildman–Crippen MR) is 121 cm³/mol. The maximum atomic E-state index is 14.7. The predicted octanol–water partition coefficient (Wildman–Crippen LogP) is 3.78. The van der Waals surface area contributed by atoms with E-state index in [9.17, 15) is 18.4 Å². The first-order valence-corrected chi connectivity index (χ1v) is 9.99. The van der Waals surface area contributed by atoms with Crippen molar-refractivity contribution in [3.8, 4) is 5.69 Å². The van der Waals surface area contributed by atoms with Crippen molar-refractivity contribution >= 4 is 34.3 Å². The molecule has 34 heavy (non-hydrogen) atoms. The van der Waals surface area contributed by atoms with Crippen LogP contribution in [0.5, 0.6) is 0 Å². The maximum absolute atomic E-state index is 14.7. The largest absolute Gasteiger partial charge is 0.340 e. The van der Waals surface area contributed by atoms with Gasteiger partial charge < -0.3 is 15.6 Å². The molecule has 3 heterocycles. The second-order valence-corrected chi connectivity index (χ2v) is 7.17. The molecule has 0 aliphatic rings. The molecule has 1 amide bonds. The third-order valence-corrected chi connectivity index (χ3v) is 5.00. The number of rotatable bonds is 5. The molecular weight excluding hydrogens is 444 g/mol. The van der Waals surface area contributed by atoms with E-state index >= 15 is 0 Å². The summed E-state index contributed by atoms with van der Waals surface area (Å²) in [4.78, 5) is 40.5. The number of H-pyrrole nitrogens is 1. The average Bonchev–Trinajstić information content (AvgIpc) is 3.31. The lowest BCUT2D eigenvalue weighted by Gasteiger charge is -2.11. The summed E-state index contributed by atoms with van der Waals surface area (Å²) in [5.74, 6) is -1.47. The van der Waals surface area contributed by atoms with Crippen LogP contribution in [-0.2, 0) is 0 Å². The number of amides is 1. The molecule has 0 spiro atoms. The minimum atomic E-state index is -0.712. The Balaban J connectivity index is 1.37. The molecule has 2 aromatic carbocycles. The zero-order valence-corrected chi connectivity index (χ0v) is 17.3. The summed E-state index contributed by atoms with van der Waals surface area (Å²) < 4.78 is 29.1. The van der Waals surface area contributed by atoms with Crippen LogP contribution in [0.25, 0.3) is 16.9 Å². The number of halogens is 2. The van der Waals surface area contributed by atoms with E-state index < -0.39 is 23.1 Å². The number of hydrogen-bond acceptors (Lipinski definition) is 6. The van der Waals surface area contributed by atoms with Crippen LogP contribution in [0.2, 0.25) is 0 Å². The number of nitrogens with one attached hydrogen (secondary N) is 3. The molecule has 0 atom stereocenters. The first-order chi connectivity index (χ1) is 16.5. The number of carbonyl (C=O) groups is 1. The van der Waals surface area contributed by atoms with Crippen molar-refractivity contribution in [2.45, 2.75) is 0 Å². The van der Waals surface area contributed by atoms with Crippen LogP contribution in [0.15, 0.2) is 78.2 Å². The fraction of sp³-hybridized carbons (Fsp3) is 0. The molecule has 5 rings (SSSR count). The Labute approximate surface area is 190 Å². The van der Waals surface area contributed by atoms with E-state index in [4.69, 9.17) is 0 Å². The van der Waals surface area contributed by atoms with Gasteiger partial charge in [-0.1, -0.05) is 0 Å². The van der Waals surface area contributed by atoms with Crippen LogP contribution in [0.1, 0.15) is 10.4 Å². The van der Waals surface area contributed by atoms with E-state index in [2.05, 4.69) is 30.6 Å². The van der Waals surface area contributed by atoms with E-state index in [1.165, 1.54) is 71.9 Å². The first-order valence-electron chi connectivity index (χ1n) is 9.99. The molecule has 0 radical (unpaired) electrons. The highest BCUT2D eigenvalue weighted by atomic mass is 19.1. The van der Waals surface area contributed by atoms with Crippen molar-refractivity contribution in [3.05, 3.63) is 101 Å². The number of benzene rings is 2. The highest BCUT2D eigenvalue weighted by Gasteiger charge is 2.15. The molecule has 0 fully saturated rings. The van der Waals surface area contributed by atoms with Gasteiger partial charge in [0.1, 0.15) is 29.0 Å². The Morgan fingerprint density at radius 1 is 1.00 bits per heavy atom. The SMILES string of the molecule is O=C(Nc1ccc(Nc2ncnc3nc[nH]c23)c(F)c1)c1cccn(-c2ccc(F)cc2)c1=O. The van der Waals surface area contributed by atoms with Gasteiger partial charge in [0.05, 0.1) is 12.0 Å². The van der Waals surface area contributed by atoms with Crippen LogP contribution in [-0.4, -0.2) is 30.4 Å². The molecule has 0 unspecified atom stereocenters. The molecule has 168 valence electrons. The standard InChI is InChI=1S/C23H15F2N7O2/c24-13-3-6-15(7-4-13)32-9-1-2-16(23(32)34)22(33)30-14-5-8-18(17(25)10-14)31-21-19-20(27-11-26-19)28-12-29-21/h1-12H,(H,30,33)(H2,26,27,28,29,31). The number of aromatic amines is 1.